The fourth-order valence-electron chi connectivity index (χ4n) is 3.33. The maximum absolute atomic E-state index is 13.8. The van der Waals surface area contributed by atoms with Crippen LogP contribution in [0.3, 0.4) is 0 Å². The molecule has 3 rings (SSSR count). The van der Waals surface area contributed by atoms with Crippen molar-refractivity contribution in [3.63, 3.8) is 0 Å². The van der Waals surface area contributed by atoms with Gasteiger partial charge in [-0.2, -0.15) is 0 Å². The highest BCUT2D eigenvalue weighted by molar-refractivity contribution is 7.91. The van der Waals surface area contributed by atoms with Crippen molar-refractivity contribution in [2.45, 2.75) is 24.2 Å². The lowest BCUT2D eigenvalue weighted by atomic mass is 9.77. The van der Waals surface area contributed by atoms with Gasteiger partial charge < -0.3 is 0 Å². The molecule has 0 N–H and O–H groups in total. The molecule has 7 heteroatoms. The van der Waals surface area contributed by atoms with E-state index in [0.29, 0.717) is 0 Å². The molecule has 2 amide bonds. The maximum atomic E-state index is 13.8. The number of amides is 2. The topological polar surface area (TPSA) is 71.5 Å². The molecule has 0 aromatic heterocycles. The molecule has 1 heterocycles. The summed E-state index contributed by atoms with van der Waals surface area (Å²) in [6, 6.07) is 11.3. The van der Waals surface area contributed by atoms with Crippen LogP contribution in [0.15, 0.2) is 53.4 Å². The van der Waals surface area contributed by atoms with Crippen molar-refractivity contribution < 1.29 is 22.4 Å². The molecule has 26 heavy (non-hydrogen) atoms. The summed E-state index contributed by atoms with van der Waals surface area (Å²) in [6.07, 6.45) is 0. The summed E-state index contributed by atoms with van der Waals surface area (Å²) >= 11 is 0. The molecule has 0 aliphatic carbocycles. The predicted molar refractivity (Wildman–Crippen MR) is 94.0 cm³/mol. The van der Waals surface area contributed by atoms with Gasteiger partial charge in [0, 0.05) is 12.1 Å². The van der Waals surface area contributed by atoms with Crippen molar-refractivity contribution in [3.8, 4) is 0 Å². The fourth-order valence-corrected chi connectivity index (χ4v) is 5.11. The molecular weight excluding hydrogens is 357 g/mol. The van der Waals surface area contributed by atoms with Gasteiger partial charge in [-0.25, -0.2) is 12.8 Å². The Balaban J connectivity index is 2.18. The zero-order chi connectivity index (χ0) is 19.1. The van der Waals surface area contributed by atoms with Gasteiger partial charge in [-0.1, -0.05) is 18.2 Å². The van der Waals surface area contributed by atoms with E-state index < -0.39 is 38.6 Å². The minimum Gasteiger partial charge on any atom is -0.278 e. The number of hydrogen-bond acceptors (Lipinski definition) is 4. The average Bonchev–Trinajstić information content (AvgIpc) is 2.61. The lowest BCUT2D eigenvalue weighted by molar-refractivity contribution is -0.133. The number of carbonyl (C=O) groups is 2. The number of nitrogens with zero attached hydrogens (tertiary/aromatic N) is 1. The van der Waals surface area contributed by atoms with Crippen LogP contribution in [0.4, 0.5) is 4.39 Å². The molecule has 136 valence electrons. The lowest BCUT2D eigenvalue weighted by Gasteiger charge is -2.39. The Kier molecular flexibility index (Phi) is 4.44. The quantitative estimate of drug-likeness (QED) is 0.770. The van der Waals surface area contributed by atoms with Crippen LogP contribution in [0.1, 0.15) is 29.8 Å². The van der Waals surface area contributed by atoms with Crippen molar-refractivity contribution in [3.05, 3.63) is 65.5 Å². The van der Waals surface area contributed by atoms with Gasteiger partial charge in [0.05, 0.1) is 16.1 Å². The van der Waals surface area contributed by atoms with E-state index in [4.69, 9.17) is 0 Å². The summed E-state index contributed by atoms with van der Waals surface area (Å²) in [4.78, 5) is 26.6. The van der Waals surface area contributed by atoms with Gasteiger partial charge in [-0.05, 0) is 49.7 Å². The van der Waals surface area contributed by atoms with Gasteiger partial charge in [0.1, 0.15) is 5.82 Å². The number of imide groups is 1. The normalized spacial score (nSPS) is 20.2. The van der Waals surface area contributed by atoms with Crippen LogP contribution in [-0.2, 0) is 20.0 Å². The Morgan fingerprint density at radius 3 is 2.35 bits per heavy atom. The molecule has 5 nitrogen and oxygen atoms in total. The monoisotopic (exact) mass is 375 g/mol. The first-order chi connectivity index (χ1) is 12.2. The number of fused-ring (bicyclic) bond motifs is 1. The average molecular weight is 375 g/mol. The van der Waals surface area contributed by atoms with Crippen LogP contribution in [0.2, 0.25) is 0 Å². The van der Waals surface area contributed by atoms with E-state index in [1.54, 1.807) is 25.1 Å². The Morgan fingerprint density at radius 2 is 1.73 bits per heavy atom. The van der Waals surface area contributed by atoms with Crippen LogP contribution < -0.4 is 0 Å². The second-order valence-corrected chi connectivity index (χ2v) is 8.44. The molecule has 2 aromatic carbocycles. The highest BCUT2D eigenvalue weighted by Crippen LogP contribution is 2.37. The summed E-state index contributed by atoms with van der Waals surface area (Å²) in [5.41, 5.74) is -1.30. The van der Waals surface area contributed by atoms with Crippen molar-refractivity contribution >= 4 is 21.7 Å². The van der Waals surface area contributed by atoms with Gasteiger partial charge >= 0.3 is 0 Å². The van der Waals surface area contributed by atoms with Crippen LogP contribution in [0.25, 0.3) is 0 Å². The first-order valence-corrected chi connectivity index (χ1v) is 9.80. The van der Waals surface area contributed by atoms with E-state index in [9.17, 15) is 22.4 Å². The lowest BCUT2D eigenvalue weighted by Crippen LogP contribution is -2.55. The number of halogens is 1. The van der Waals surface area contributed by atoms with Crippen LogP contribution >= 0.6 is 0 Å². The summed E-state index contributed by atoms with van der Waals surface area (Å²) < 4.78 is 39.6. The summed E-state index contributed by atoms with van der Waals surface area (Å²) in [7, 11) is -3.84. The van der Waals surface area contributed by atoms with Crippen molar-refractivity contribution in [1.82, 2.24) is 4.90 Å². The molecule has 1 atom stereocenters. The molecule has 2 aromatic rings. The molecular formula is C19H18FNO4S. The van der Waals surface area contributed by atoms with Gasteiger partial charge in [0.25, 0.3) is 5.91 Å². The second kappa shape index (κ2) is 6.32. The zero-order valence-electron chi connectivity index (χ0n) is 14.4. The number of benzene rings is 2. The molecule has 0 saturated carbocycles. The molecule has 1 aliphatic rings. The van der Waals surface area contributed by atoms with E-state index >= 15 is 0 Å². The number of hydrogen-bond donors (Lipinski definition) is 0. The van der Waals surface area contributed by atoms with E-state index in [2.05, 4.69) is 0 Å². The minimum atomic E-state index is -3.84. The first-order valence-electron chi connectivity index (χ1n) is 8.15. The van der Waals surface area contributed by atoms with E-state index in [-0.39, 0.29) is 22.6 Å². The molecule has 1 aliphatic heterocycles. The van der Waals surface area contributed by atoms with Crippen LogP contribution in [0.5, 0.6) is 0 Å². The minimum absolute atomic E-state index is 0.0759. The summed E-state index contributed by atoms with van der Waals surface area (Å²) in [5.74, 6) is -2.36. The van der Waals surface area contributed by atoms with Crippen molar-refractivity contribution in [2.24, 2.45) is 0 Å². The Labute approximate surface area is 151 Å². The molecule has 0 bridgehead atoms. The van der Waals surface area contributed by atoms with Gasteiger partial charge in [0.2, 0.25) is 5.91 Å². The second-order valence-electron chi connectivity index (χ2n) is 6.45. The molecule has 0 saturated heterocycles. The largest absolute Gasteiger partial charge is 0.278 e. The Bertz CT molecular complexity index is 988. The van der Waals surface area contributed by atoms with Gasteiger partial charge in [0.15, 0.2) is 9.84 Å². The third kappa shape index (κ3) is 2.82. The highest BCUT2D eigenvalue weighted by atomic mass is 32.2. The molecule has 0 radical (unpaired) electrons. The van der Waals surface area contributed by atoms with Gasteiger partial charge in [-0.15, -0.1) is 0 Å². The van der Waals surface area contributed by atoms with Crippen molar-refractivity contribution in [2.75, 3.05) is 12.3 Å². The molecule has 1 unspecified atom stereocenters. The van der Waals surface area contributed by atoms with Crippen LogP contribution in [-0.4, -0.2) is 37.4 Å². The van der Waals surface area contributed by atoms with Crippen molar-refractivity contribution in [1.29, 1.82) is 0 Å². The SMILES string of the molecule is CCN1C(=O)c2ccc(F)cc2C(C)(CS(=O)(=O)c2ccccc2)C1=O. The third-order valence-corrected chi connectivity index (χ3v) is 6.61. The number of carbonyl (C=O) groups excluding carboxylic acids is 2. The molecule has 0 fully saturated rings. The smallest absolute Gasteiger partial charge is 0.260 e. The summed E-state index contributed by atoms with van der Waals surface area (Å²) in [5, 5.41) is 0. The zero-order valence-corrected chi connectivity index (χ0v) is 15.2. The van der Waals surface area contributed by atoms with E-state index in [1.807, 2.05) is 0 Å². The first kappa shape index (κ1) is 18.3. The summed E-state index contributed by atoms with van der Waals surface area (Å²) in [6.45, 7) is 3.19. The number of sulfone groups is 1. The molecule has 0 spiro atoms. The van der Waals surface area contributed by atoms with E-state index in [1.165, 1.54) is 25.1 Å². The predicted octanol–water partition coefficient (Wildman–Crippen LogP) is 2.56. The van der Waals surface area contributed by atoms with Crippen LogP contribution in [0, 0.1) is 5.82 Å². The highest BCUT2D eigenvalue weighted by Gasteiger charge is 2.49. The Morgan fingerprint density at radius 1 is 1.08 bits per heavy atom. The fraction of sp³-hybridized carbons (Fsp3) is 0.263. The Hall–Kier alpha value is -2.54. The maximum Gasteiger partial charge on any atom is 0.260 e. The van der Waals surface area contributed by atoms with Gasteiger partial charge in [-0.3, -0.25) is 14.5 Å². The number of likely N-dealkylation sites (N-methyl/N-ethyl adjacent to an activating group) is 1. The third-order valence-electron chi connectivity index (χ3n) is 4.67. The van der Waals surface area contributed by atoms with E-state index in [0.717, 1.165) is 17.0 Å². The number of rotatable bonds is 4. The standard InChI is InChI=1S/C19H18FNO4S/c1-3-21-17(22)15-10-9-13(20)11-16(15)19(2,18(21)23)12-26(24,25)14-7-5-4-6-8-14/h4-11H,3,12H2,1-2H3.